The average Bonchev–Trinajstić information content (AvgIpc) is 2.42. The second-order valence-electron chi connectivity index (χ2n) is 4.10. The molecule has 0 aliphatic heterocycles. The maximum absolute atomic E-state index is 9.21. The van der Waals surface area contributed by atoms with Crippen LogP contribution in [0.4, 0.5) is 0 Å². The van der Waals surface area contributed by atoms with E-state index >= 15 is 0 Å². The number of rotatable bonds is 4. The normalized spacial score (nSPS) is 22.6. The summed E-state index contributed by atoms with van der Waals surface area (Å²) in [6, 6.07) is 0. The third-order valence-corrected chi connectivity index (χ3v) is 3.18. The Morgan fingerprint density at radius 1 is 1.23 bits per heavy atom. The number of nitrogens with two attached hydrogens (primary N) is 1. The molecule has 0 radical (unpaired) electrons. The zero-order chi connectivity index (χ0) is 9.52. The Morgan fingerprint density at radius 3 is 2.31 bits per heavy atom. The van der Waals surface area contributed by atoms with Gasteiger partial charge < -0.3 is 5.11 Å². The van der Waals surface area contributed by atoms with Crippen LogP contribution >= 0.6 is 0 Å². The van der Waals surface area contributed by atoms with Crippen molar-refractivity contribution in [3.63, 3.8) is 0 Å². The van der Waals surface area contributed by atoms with E-state index in [2.05, 4.69) is 5.43 Å². The van der Waals surface area contributed by atoms with Crippen LogP contribution in [0.5, 0.6) is 0 Å². The van der Waals surface area contributed by atoms with Gasteiger partial charge in [-0.3, -0.25) is 11.3 Å². The molecule has 78 valence electrons. The number of nitrogens with one attached hydrogen (secondary N) is 1. The third kappa shape index (κ3) is 3.63. The summed E-state index contributed by atoms with van der Waals surface area (Å²) >= 11 is 0. The first-order chi connectivity index (χ1) is 6.38. The first-order valence-corrected chi connectivity index (χ1v) is 5.42. The molecule has 1 aliphatic carbocycles. The Bertz CT molecular complexity index is 122. The minimum absolute atomic E-state index is 0.273. The molecule has 0 aromatic heterocycles. The molecule has 3 heteroatoms. The molecule has 1 unspecified atom stereocenters. The molecular formula is C10H22N2O. The highest BCUT2D eigenvalue weighted by atomic mass is 16.3. The van der Waals surface area contributed by atoms with E-state index in [1.807, 2.05) is 0 Å². The van der Waals surface area contributed by atoms with Crippen molar-refractivity contribution >= 4 is 0 Å². The number of hydrazine groups is 1. The van der Waals surface area contributed by atoms with Crippen LogP contribution in [0.3, 0.4) is 0 Å². The van der Waals surface area contributed by atoms with E-state index in [1.165, 1.54) is 38.5 Å². The van der Waals surface area contributed by atoms with E-state index in [1.54, 1.807) is 0 Å². The molecular weight excluding hydrogens is 164 g/mol. The first-order valence-electron chi connectivity index (χ1n) is 5.42. The predicted octanol–water partition coefficient (Wildman–Crippen LogP) is 1.03. The standard InChI is InChI=1S/C10H22N2O/c11-12-7-10(8-13)9-5-3-1-2-4-6-9/h9-10,12-13H,1-8,11H2. The van der Waals surface area contributed by atoms with E-state index in [-0.39, 0.29) is 6.61 Å². The van der Waals surface area contributed by atoms with Gasteiger partial charge in [-0.05, 0) is 11.8 Å². The Balaban J connectivity index is 2.35. The van der Waals surface area contributed by atoms with Crippen molar-refractivity contribution in [1.29, 1.82) is 0 Å². The fourth-order valence-electron chi connectivity index (χ4n) is 2.31. The van der Waals surface area contributed by atoms with Gasteiger partial charge in [-0.1, -0.05) is 38.5 Å². The van der Waals surface area contributed by atoms with Crippen LogP contribution in [0.1, 0.15) is 38.5 Å². The molecule has 0 amide bonds. The molecule has 0 bridgehead atoms. The molecule has 0 aromatic rings. The lowest BCUT2D eigenvalue weighted by atomic mass is 9.87. The smallest absolute Gasteiger partial charge is 0.0474 e. The zero-order valence-corrected chi connectivity index (χ0v) is 8.34. The Hall–Kier alpha value is -0.120. The molecule has 0 saturated heterocycles. The summed E-state index contributed by atoms with van der Waals surface area (Å²) in [6.45, 7) is 1.02. The molecule has 3 nitrogen and oxygen atoms in total. The van der Waals surface area contributed by atoms with Crippen molar-refractivity contribution < 1.29 is 5.11 Å². The number of hydrogen-bond acceptors (Lipinski definition) is 3. The lowest BCUT2D eigenvalue weighted by Crippen LogP contribution is -2.34. The fourth-order valence-corrected chi connectivity index (χ4v) is 2.31. The van der Waals surface area contributed by atoms with Crippen LogP contribution in [0.25, 0.3) is 0 Å². The zero-order valence-electron chi connectivity index (χ0n) is 8.34. The van der Waals surface area contributed by atoms with Crippen LogP contribution in [0.2, 0.25) is 0 Å². The van der Waals surface area contributed by atoms with Crippen molar-refractivity contribution in [2.75, 3.05) is 13.2 Å². The minimum atomic E-state index is 0.273. The van der Waals surface area contributed by atoms with Crippen LogP contribution in [-0.2, 0) is 0 Å². The van der Waals surface area contributed by atoms with Gasteiger partial charge in [-0.2, -0.15) is 0 Å². The Morgan fingerprint density at radius 2 is 1.85 bits per heavy atom. The lowest BCUT2D eigenvalue weighted by Gasteiger charge is -2.23. The molecule has 0 aromatic carbocycles. The average molecular weight is 186 g/mol. The van der Waals surface area contributed by atoms with Crippen molar-refractivity contribution in [3.05, 3.63) is 0 Å². The van der Waals surface area contributed by atoms with Crippen LogP contribution in [0.15, 0.2) is 0 Å². The fraction of sp³-hybridized carbons (Fsp3) is 1.00. The molecule has 1 aliphatic rings. The Kier molecular flexibility index (Phi) is 5.35. The summed E-state index contributed by atoms with van der Waals surface area (Å²) in [7, 11) is 0. The maximum Gasteiger partial charge on any atom is 0.0474 e. The topological polar surface area (TPSA) is 58.3 Å². The van der Waals surface area contributed by atoms with Crippen molar-refractivity contribution in [2.24, 2.45) is 17.7 Å². The summed E-state index contributed by atoms with van der Waals surface area (Å²) in [6.07, 6.45) is 7.92. The summed E-state index contributed by atoms with van der Waals surface area (Å²) in [4.78, 5) is 0. The molecule has 1 atom stereocenters. The Labute approximate surface area is 80.7 Å². The predicted molar refractivity (Wildman–Crippen MR) is 54.0 cm³/mol. The summed E-state index contributed by atoms with van der Waals surface area (Å²) in [5.74, 6) is 6.34. The van der Waals surface area contributed by atoms with Crippen LogP contribution in [0, 0.1) is 11.8 Å². The first kappa shape index (κ1) is 11.0. The second kappa shape index (κ2) is 6.35. The van der Waals surface area contributed by atoms with Gasteiger partial charge >= 0.3 is 0 Å². The molecule has 4 N–H and O–H groups in total. The largest absolute Gasteiger partial charge is 0.396 e. The monoisotopic (exact) mass is 186 g/mol. The molecule has 0 heterocycles. The molecule has 13 heavy (non-hydrogen) atoms. The molecule has 1 fully saturated rings. The highest BCUT2D eigenvalue weighted by Gasteiger charge is 2.21. The summed E-state index contributed by atoms with van der Waals surface area (Å²) in [5.41, 5.74) is 2.68. The van der Waals surface area contributed by atoms with E-state index in [0.717, 1.165) is 6.54 Å². The van der Waals surface area contributed by atoms with E-state index in [4.69, 9.17) is 5.84 Å². The quantitative estimate of drug-likeness (QED) is 0.349. The van der Waals surface area contributed by atoms with Gasteiger partial charge in [-0.25, -0.2) is 0 Å². The third-order valence-electron chi connectivity index (χ3n) is 3.18. The van der Waals surface area contributed by atoms with Crippen molar-refractivity contribution in [2.45, 2.75) is 38.5 Å². The van der Waals surface area contributed by atoms with Crippen molar-refractivity contribution in [1.82, 2.24) is 5.43 Å². The van der Waals surface area contributed by atoms with Gasteiger partial charge in [0.15, 0.2) is 0 Å². The van der Waals surface area contributed by atoms with Gasteiger partial charge in [0, 0.05) is 13.2 Å². The highest BCUT2D eigenvalue weighted by molar-refractivity contribution is 4.73. The minimum Gasteiger partial charge on any atom is -0.396 e. The van der Waals surface area contributed by atoms with Gasteiger partial charge in [-0.15, -0.1) is 0 Å². The number of aliphatic hydroxyl groups excluding tert-OH is 1. The van der Waals surface area contributed by atoms with E-state index in [9.17, 15) is 5.11 Å². The van der Waals surface area contributed by atoms with E-state index < -0.39 is 0 Å². The molecule has 1 saturated carbocycles. The highest BCUT2D eigenvalue weighted by Crippen LogP contribution is 2.28. The summed E-state index contributed by atoms with van der Waals surface area (Å²) in [5, 5.41) is 9.21. The van der Waals surface area contributed by atoms with Crippen LogP contribution < -0.4 is 11.3 Å². The summed E-state index contributed by atoms with van der Waals surface area (Å²) < 4.78 is 0. The maximum atomic E-state index is 9.21. The number of hydrogen-bond donors (Lipinski definition) is 3. The van der Waals surface area contributed by atoms with Crippen molar-refractivity contribution in [3.8, 4) is 0 Å². The number of aliphatic hydroxyl groups is 1. The van der Waals surface area contributed by atoms with Gasteiger partial charge in [0.1, 0.15) is 0 Å². The lowest BCUT2D eigenvalue weighted by molar-refractivity contribution is 0.161. The SMILES string of the molecule is NNCC(CO)C1CCCCCC1. The van der Waals surface area contributed by atoms with Crippen LogP contribution in [-0.4, -0.2) is 18.3 Å². The van der Waals surface area contributed by atoms with Gasteiger partial charge in [0.05, 0.1) is 0 Å². The molecule has 0 spiro atoms. The second-order valence-corrected chi connectivity index (χ2v) is 4.10. The molecule has 1 rings (SSSR count). The van der Waals surface area contributed by atoms with E-state index in [0.29, 0.717) is 11.8 Å². The van der Waals surface area contributed by atoms with Gasteiger partial charge in [0.2, 0.25) is 0 Å². The van der Waals surface area contributed by atoms with Gasteiger partial charge in [0.25, 0.3) is 0 Å².